The van der Waals surface area contributed by atoms with E-state index in [0.29, 0.717) is 6.42 Å². The summed E-state index contributed by atoms with van der Waals surface area (Å²) in [7, 11) is 1.83. The maximum atomic E-state index is 12.1. The van der Waals surface area contributed by atoms with Crippen molar-refractivity contribution >= 4 is 34.5 Å². The average Bonchev–Trinajstić information content (AvgIpc) is 2.87. The van der Waals surface area contributed by atoms with Gasteiger partial charge in [-0.15, -0.1) is 11.3 Å². The van der Waals surface area contributed by atoms with Crippen LogP contribution in [0.2, 0.25) is 4.34 Å². The molecule has 5 heteroatoms. The first-order chi connectivity index (χ1) is 9.65. The van der Waals surface area contributed by atoms with E-state index in [1.165, 1.54) is 10.4 Å². The normalized spacial score (nSPS) is 18.2. The fraction of sp³-hybridized carbons (Fsp3) is 0.267. The first-order valence-corrected chi connectivity index (χ1v) is 7.67. The highest BCUT2D eigenvalue weighted by atomic mass is 35.5. The Bertz CT molecular complexity index is 640. The first-order valence-electron chi connectivity index (χ1n) is 6.48. The van der Waals surface area contributed by atoms with E-state index >= 15 is 0 Å². The van der Waals surface area contributed by atoms with Crippen LogP contribution >= 0.6 is 22.9 Å². The zero-order valence-corrected chi connectivity index (χ0v) is 12.7. The minimum atomic E-state index is 0.0655. The van der Waals surface area contributed by atoms with Gasteiger partial charge in [-0.25, -0.2) is 0 Å². The van der Waals surface area contributed by atoms with Crippen molar-refractivity contribution in [2.75, 3.05) is 11.9 Å². The predicted molar refractivity (Wildman–Crippen MR) is 83.4 cm³/mol. The molecule has 20 heavy (non-hydrogen) atoms. The number of carbonyl (C=O) groups is 1. The molecule has 0 bridgehead atoms. The smallest absolute Gasteiger partial charge is 0.228 e. The predicted octanol–water partition coefficient (Wildman–Crippen LogP) is 3.60. The van der Waals surface area contributed by atoms with Crippen molar-refractivity contribution < 1.29 is 4.79 Å². The van der Waals surface area contributed by atoms with Gasteiger partial charge in [0.25, 0.3) is 0 Å². The Morgan fingerprint density at radius 2 is 2.15 bits per heavy atom. The highest BCUT2D eigenvalue weighted by Crippen LogP contribution is 2.33. The number of nitrogens with one attached hydrogen (secondary N) is 1. The van der Waals surface area contributed by atoms with Gasteiger partial charge in [0.2, 0.25) is 5.91 Å². The maximum absolute atomic E-state index is 12.1. The molecule has 1 amide bonds. The molecule has 0 saturated carbocycles. The number of halogens is 1. The first kappa shape index (κ1) is 13.6. The molecule has 1 aromatic carbocycles. The Kier molecular flexibility index (Phi) is 3.78. The Balaban J connectivity index is 1.80. The third kappa shape index (κ3) is 2.59. The van der Waals surface area contributed by atoms with Crippen molar-refractivity contribution in [2.24, 2.45) is 0 Å². The third-order valence-corrected chi connectivity index (χ3v) is 4.81. The summed E-state index contributed by atoms with van der Waals surface area (Å²) in [6.07, 6.45) is 0.493. The number of carbonyl (C=O) groups excluding carboxylic acids is 1. The Hall–Kier alpha value is -1.36. The van der Waals surface area contributed by atoms with E-state index in [4.69, 9.17) is 11.6 Å². The van der Waals surface area contributed by atoms with Gasteiger partial charge in [0.15, 0.2) is 0 Å². The molecule has 104 valence electrons. The van der Waals surface area contributed by atoms with Crippen molar-refractivity contribution in [3.63, 3.8) is 0 Å². The van der Waals surface area contributed by atoms with Gasteiger partial charge < -0.3 is 10.2 Å². The van der Waals surface area contributed by atoms with Crippen molar-refractivity contribution in [1.29, 1.82) is 0 Å². The molecule has 2 aromatic rings. The van der Waals surface area contributed by atoms with Crippen LogP contribution in [0.15, 0.2) is 36.4 Å². The topological polar surface area (TPSA) is 32.3 Å². The van der Waals surface area contributed by atoms with Crippen LogP contribution in [0.5, 0.6) is 0 Å². The highest BCUT2D eigenvalue weighted by molar-refractivity contribution is 7.16. The maximum Gasteiger partial charge on any atom is 0.228 e. The molecule has 2 heterocycles. The lowest BCUT2D eigenvalue weighted by atomic mass is 9.96. The Labute approximate surface area is 127 Å². The van der Waals surface area contributed by atoms with Gasteiger partial charge in [-0.1, -0.05) is 29.8 Å². The largest absolute Gasteiger partial charge is 0.315 e. The van der Waals surface area contributed by atoms with Crippen LogP contribution in [0.4, 0.5) is 5.69 Å². The van der Waals surface area contributed by atoms with E-state index in [-0.39, 0.29) is 11.9 Å². The summed E-state index contributed by atoms with van der Waals surface area (Å²) < 4.78 is 0.793. The van der Waals surface area contributed by atoms with E-state index in [1.54, 1.807) is 16.2 Å². The van der Waals surface area contributed by atoms with Crippen LogP contribution in [0.25, 0.3) is 0 Å². The monoisotopic (exact) mass is 306 g/mol. The van der Waals surface area contributed by atoms with Crippen LogP contribution in [-0.4, -0.2) is 13.0 Å². The minimum absolute atomic E-state index is 0.0655. The molecular weight excluding hydrogens is 292 g/mol. The van der Waals surface area contributed by atoms with Crippen molar-refractivity contribution in [3.05, 3.63) is 51.2 Å². The number of hydrogen-bond donors (Lipinski definition) is 1. The van der Waals surface area contributed by atoms with Gasteiger partial charge in [0.05, 0.1) is 4.34 Å². The SMILES string of the molecule is CN1C(=O)CC(NCc2ccc(Cl)s2)c2ccccc21. The quantitative estimate of drug-likeness (QED) is 0.939. The average molecular weight is 307 g/mol. The van der Waals surface area contributed by atoms with Gasteiger partial charge in [-0.05, 0) is 23.8 Å². The van der Waals surface area contributed by atoms with E-state index in [2.05, 4.69) is 11.4 Å². The Morgan fingerprint density at radius 3 is 2.90 bits per heavy atom. The van der Waals surface area contributed by atoms with Crippen molar-refractivity contribution in [3.8, 4) is 0 Å². The second-order valence-electron chi connectivity index (χ2n) is 4.86. The van der Waals surface area contributed by atoms with Crippen molar-refractivity contribution in [1.82, 2.24) is 5.32 Å². The number of rotatable bonds is 3. The zero-order chi connectivity index (χ0) is 14.1. The summed E-state index contributed by atoms with van der Waals surface area (Å²) in [5.74, 6) is 0.144. The van der Waals surface area contributed by atoms with Crippen LogP contribution in [0.1, 0.15) is 22.9 Å². The van der Waals surface area contributed by atoms with Gasteiger partial charge in [0, 0.05) is 36.6 Å². The number of fused-ring (bicyclic) bond motifs is 1. The van der Waals surface area contributed by atoms with Gasteiger partial charge in [-0.3, -0.25) is 4.79 Å². The van der Waals surface area contributed by atoms with Crippen LogP contribution < -0.4 is 10.2 Å². The standard InChI is InChI=1S/C15H15ClN2OS/c1-18-13-5-3-2-4-11(13)12(8-15(18)19)17-9-10-6-7-14(16)20-10/h2-7,12,17H,8-9H2,1H3. The molecule has 1 N–H and O–H groups in total. The summed E-state index contributed by atoms with van der Waals surface area (Å²) in [6, 6.07) is 12.0. The number of nitrogens with zero attached hydrogens (tertiary/aromatic N) is 1. The molecule has 0 spiro atoms. The molecule has 1 unspecified atom stereocenters. The number of benzene rings is 1. The third-order valence-electron chi connectivity index (χ3n) is 3.58. The summed E-state index contributed by atoms with van der Waals surface area (Å²) in [5.41, 5.74) is 2.17. The lowest BCUT2D eigenvalue weighted by Crippen LogP contribution is -2.37. The van der Waals surface area contributed by atoms with Gasteiger partial charge in [-0.2, -0.15) is 0 Å². The van der Waals surface area contributed by atoms with E-state index in [1.807, 2.05) is 37.4 Å². The molecule has 0 radical (unpaired) electrons. The summed E-state index contributed by atoms with van der Waals surface area (Å²) in [6.45, 7) is 0.730. The van der Waals surface area contributed by atoms with E-state index in [9.17, 15) is 4.79 Å². The molecule has 0 fully saturated rings. The molecule has 0 aliphatic carbocycles. The lowest BCUT2D eigenvalue weighted by Gasteiger charge is -2.32. The summed E-state index contributed by atoms with van der Waals surface area (Å²) in [5, 5.41) is 3.46. The number of anilines is 1. The molecule has 1 aliphatic heterocycles. The van der Waals surface area contributed by atoms with Gasteiger partial charge >= 0.3 is 0 Å². The molecule has 3 rings (SSSR count). The molecular formula is C15H15ClN2OS. The fourth-order valence-corrected chi connectivity index (χ4v) is 3.53. The summed E-state index contributed by atoms with van der Waals surface area (Å²) >= 11 is 7.50. The highest BCUT2D eigenvalue weighted by Gasteiger charge is 2.28. The second kappa shape index (κ2) is 5.56. The van der Waals surface area contributed by atoms with Crippen LogP contribution in [-0.2, 0) is 11.3 Å². The fourth-order valence-electron chi connectivity index (χ4n) is 2.50. The molecule has 1 aromatic heterocycles. The molecule has 1 aliphatic rings. The number of para-hydroxylation sites is 1. The number of amides is 1. The lowest BCUT2D eigenvalue weighted by molar-refractivity contribution is -0.119. The van der Waals surface area contributed by atoms with E-state index < -0.39 is 0 Å². The number of thiophene rings is 1. The molecule has 3 nitrogen and oxygen atoms in total. The molecule has 1 atom stereocenters. The van der Waals surface area contributed by atoms with Crippen molar-refractivity contribution in [2.45, 2.75) is 19.0 Å². The summed E-state index contributed by atoms with van der Waals surface area (Å²) in [4.78, 5) is 15.0. The Morgan fingerprint density at radius 1 is 1.35 bits per heavy atom. The zero-order valence-electron chi connectivity index (χ0n) is 11.1. The molecule has 0 saturated heterocycles. The van der Waals surface area contributed by atoms with Crippen LogP contribution in [0.3, 0.4) is 0 Å². The second-order valence-corrected chi connectivity index (χ2v) is 6.65. The van der Waals surface area contributed by atoms with Gasteiger partial charge in [0.1, 0.15) is 0 Å². The van der Waals surface area contributed by atoms with E-state index in [0.717, 1.165) is 16.6 Å². The van der Waals surface area contributed by atoms with Crippen LogP contribution in [0, 0.1) is 0 Å². The number of hydrogen-bond acceptors (Lipinski definition) is 3. The minimum Gasteiger partial charge on any atom is -0.315 e.